The molecule has 0 saturated carbocycles. The van der Waals surface area contributed by atoms with Gasteiger partial charge in [0.25, 0.3) is 6.43 Å². The number of hydrogen-bond donors (Lipinski definition) is 2. The number of aromatic amines is 1. The fraction of sp³-hybridized carbons (Fsp3) is 0.286. The zero-order chi connectivity index (χ0) is 10.0. The molecular weight excluding hydrogens is 295 g/mol. The van der Waals surface area contributed by atoms with E-state index in [1.165, 1.54) is 0 Å². The lowest BCUT2D eigenvalue weighted by Gasteiger charge is -2.03. The van der Waals surface area contributed by atoms with Gasteiger partial charge < -0.3 is 10.1 Å². The van der Waals surface area contributed by atoms with Crippen molar-refractivity contribution in [3.05, 3.63) is 31.2 Å². The van der Waals surface area contributed by atoms with E-state index in [2.05, 4.69) is 4.98 Å². The Labute approximate surface area is 85.9 Å². The minimum atomic E-state index is -2.79. The number of rotatable bonds is 2. The van der Waals surface area contributed by atoms with E-state index in [0.717, 1.165) is 6.20 Å². The SMILES string of the molecule is O=c1c(C(F)F)c[nH]c(CO)c1I. The molecule has 0 aliphatic heterocycles. The van der Waals surface area contributed by atoms with E-state index in [1.54, 1.807) is 22.6 Å². The molecular formula is C7H6F2INO2. The summed E-state index contributed by atoms with van der Waals surface area (Å²) in [5.74, 6) is 0. The fourth-order valence-electron chi connectivity index (χ4n) is 0.835. The van der Waals surface area contributed by atoms with Crippen molar-refractivity contribution in [2.24, 2.45) is 0 Å². The van der Waals surface area contributed by atoms with Crippen molar-refractivity contribution in [3.8, 4) is 0 Å². The predicted molar refractivity (Wildman–Crippen MR) is 50.7 cm³/mol. The molecule has 13 heavy (non-hydrogen) atoms. The van der Waals surface area contributed by atoms with Crippen LogP contribution in [-0.2, 0) is 6.61 Å². The summed E-state index contributed by atoms with van der Waals surface area (Å²) in [5.41, 5.74) is -1.03. The second kappa shape index (κ2) is 4.14. The molecule has 0 spiro atoms. The van der Waals surface area contributed by atoms with Gasteiger partial charge in [0.2, 0.25) is 5.43 Å². The quantitative estimate of drug-likeness (QED) is 0.812. The highest BCUT2D eigenvalue weighted by Gasteiger charge is 2.15. The summed E-state index contributed by atoms with van der Waals surface area (Å²) < 4.78 is 24.4. The predicted octanol–water partition coefficient (Wildman–Crippen LogP) is 1.41. The number of aromatic nitrogens is 1. The molecule has 0 aliphatic carbocycles. The van der Waals surface area contributed by atoms with E-state index in [-0.39, 0.29) is 15.9 Å². The second-order valence-corrected chi connectivity index (χ2v) is 3.40. The Morgan fingerprint density at radius 2 is 2.23 bits per heavy atom. The van der Waals surface area contributed by atoms with Crippen molar-refractivity contribution in [2.75, 3.05) is 0 Å². The van der Waals surface area contributed by atoms with Gasteiger partial charge in [-0.1, -0.05) is 0 Å². The summed E-state index contributed by atoms with van der Waals surface area (Å²) in [7, 11) is 0. The summed E-state index contributed by atoms with van der Waals surface area (Å²) in [6, 6.07) is 0. The average Bonchev–Trinajstić information content (AvgIpc) is 2.09. The van der Waals surface area contributed by atoms with Crippen LogP contribution in [-0.4, -0.2) is 10.1 Å². The molecule has 0 radical (unpaired) electrons. The topological polar surface area (TPSA) is 53.1 Å². The maximum absolute atomic E-state index is 12.2. The maximum atomic E-state index is 12.2. The number of H-pyrrole nitrogens is 1. The van der Waals surface area contributed by atoms with Crippen molar-refractivity contribution in [2.45, 2.75) is 13.0 Å². The zero-order valence-electron chi connectivity index (χ0n) is 6.35. The van der Waals surface area contributed by atoms with E-state index < -0.39 is 17.4 Å². The summed E-state index contributed by atoms with van der Waals surface area (Å²) in [6.45, 7) is -0.364. The molecule has 1 aromatic heterocycles. The number of aliphatic hydroxyl groups excluding tert-OH is 1. The molecule has 3 nitrogen and oxygen atoms in total. The van der Waals surface area contributed by atoms with Crippen molar-refractivity contribution < 1.29 is 13.9 Å². The van der Waals surface area contributed by atoms with Gasteiger partial charge in [0.1, 0.15) is 0 Å². The third kappa shape index (κ3) is 2.05. The van der Waals surface area contributed by atoms with Gasteiger partial charge in [-0.3, -0.25) is 4.79 Å². The van der Waals surface area contributed by atoms with Gasteiger partial charge in [0, 0.05) is 6.20 Å². The second-order valence-electron chi connectivity index (χ2n) is 2.32. The minimum Gasteiger partial charge on any atom is -0.390 e. The van der Waals surface area contributed by atoms with E-state index in [4.69, 9.17) is 5.11 Å². The third-order valence-corrected chi connectivity index (χ3v) is 2.66. The van der Waals surface area contributed by atoms with Crippen molar-refractivity contribution in [1.82, 2.24) is 4.98 Å². The molecule has 0 amide bonds. The molecule has 1 aromatic rings. The Hall–Kier alpha value is -0.500. The van der Waals surface area contributed by atoms with Crippen LogP contribution in [0.3, 0.4) is 0 Å². The molecule has 72 valence electrons. The van der Waals surface area contributed by atoms with Gasteiger partial charge >= 0.3 is 0 Å². The average molecular weight is 301 g/mol. The first-order chi connectivity index (χ1) is 6.07. The molecule has 1 rings (SSSR count). The van der Waals surface area contributed by atoms with Crippen LogP contribution in [0.1, 0.15) is 17.7 Å². The van der Waals surface area contributed by atoms with Crippen LogP contribution in [0.15, 0.2) is 11.0 Å². The van der Waals surface area contributed by atoms with Gasteiger partial charge in [-0.2, -0.15) is 0 Å². The lowest BCUT2D eigenvalue weighted by atomic mass is 10.2. The first-order valence-corrected chi connectivity index (χ1v) is 4.44. The molecule has 0 aromatic carbocycles. The van der Waals surface area contributed by atoms with Crippen LogP contribution in [0.25, 0.3) is 0 Å². The van der Waals surface area contributed by atoms with Crippen LogP contribution in [0, 0.1) is 3.57 Å². The molecule has 6 heteroatoms. The first kappa shape index (κ1) is 10.6. The standard InChI is InChI=1S/C7H6F2INO2/c8-7(9)3-1-11-4(2-12)5(10)6(3)13/h1,7,12H,2H2,(H,11,13). The van der Waals surface area contributed by atoms with Crippen LogP contribution >= 0.6 is 22.6 Å². The Balaban J connectivity index is 3.32. The number of hydrogen-bond acceptors (Lipinski definition) is 2. The molecule has 1 heterocycles. The highest BCUT2D eigenvalue weighted by atomic mass is 127. The minimum absolute atomic E-state index is 0.109. The first-order valence-electron chi connectivity index (χ1n) is 3.37. The lowest BCUT2D eigenvalue weighted by Crippen LogP contribution is -2.16. The van der Waals surface area contributed by atoms with Crippen molar-refractivity contribution in [3.63, 3.8) is 0 Å². The molecule has 0 aliphatic rings. The van der Waals surface area contributed by atoms with E-state index in [1.807, 2.05) is 0 Å². The van der Waals surface area contributed by atoms with Gasteiger partial charge in [0.15, 0.2) is 0 Å². The largest absolute Gasteiger partial charge is 0.390 e. The van der Waals surface area contributed by atoms with E-state index >= 15 is 0 Å². The Morgan fingerprint density at radius 1 is 1.62 bits per heavy atom. The van der Waals surface area contributed by atoms with Crippen LogP contribution in [0.4, 0.5) is 8.78 Å². The smallest absolute Gasteiger partial charge is 0.269 e. The molecule has 0 saturated heterocycles. The zero-order valence-corrected chi connectivity index (χ0v) is 8.51. The van der Waals surface area contributed by atoms with Crippen molar-refractivity contribution in [1.29, 1.82) is 0 Å². The monoisotopic (exact) mass is 301 g/mol. The van der Waals surface area contributed by atoms with Crippen LogP contribution in [0.5, 0.6) is 0 Å². The van der Waals surface area contributed by atoms with Crippen LogP contribution in [0.2, 0.25) is 0 Å². The number of aliphatic hydroxyl groups is 1. The maximum Gasteiger partial charge on any atom is 0.269 e. The molecule has 0 atom stereocenters. The Kier molecular flexibility index (Phi) is 3.37. The van der Waals surface area contributed by atoms with Crippen LogP contribution < -0.4 is 5.43 Å². The summed E-state index contributed by atoms with van der Waals surface area (Å²) in [6.07, 6.45) is -1.86. The number of halogens is 3. The van der Waals surface area contributed by atoms with Gasteiger partial charge in [-0.15, -0.1) is 0 Å². The highest BCUT2D eigenvalue weighted by Crippen LogP contribution is 2.16. The molecule has 0 fully saturated rings. The summed E-state index contributed by atoms with van der Waals surface area (Å²) >= 11 is 1.63. The molecule has 2 N–H and O–H groups in total. The molecule has 0 unspecified atom stereocenters. The lowest BCUT2D eigenvalue weighted by molar-refractivity contribution is 0.149. The number of alkyl halides is 2. The highest BCUT2D eigenvalue weighted by molar-refractivity contribution is 14.1. The fourth-order valence-corrected chi connectivity index (χ4v) is 1.47. The Bertz CT molecular complexity index is 364. The molecule has 0 bridgehead atoms. The van der Waals surface area contributed by atoms with Gasteiger partial charge in [0.05, 0.1) is 21.4 Å². The van der Waals surface area contributed by atoms with E-state index in [9.17, 15) is 13.6 Å². The summed E-state index contributed by atoms with van der Waals surface area (Å²) in [5, 5.41) is 8.71. The van der Waals surface area contributed by atoms with Crippen molar-refractivity contribution >= 4 is 22.6 Å². The number of pyridine rings is 1. The third-order valence-electron chi connectivity index (χ3n) is 1.52. The van der Waals surface area contributed by atoms with Gasteiger partial charge in [-0.25, -0.2) is 8.78 Å². The Morgan fingerprint density at radius 3 is 2.69 bits per heavy atom. The normalized spacial score (nSPS) is 10.8. The van der Waals surface area contributed by atoms with Gasteiger partial charge in [-0.05, 0) is 22.6 Å². The number of nitrogens with one attached hydrogen (secondary N) is 1. The summed E-state index contributed by atoms with van der Waals surface area (Å²) in [4.78, 5) is 13.6. The van der Waals surface area contributed by atoms with E-state index in [0.29, 0.717) is 0 Å².